The first kappa shape index (κ1) is 17.2. The molecular weight excluding hydrogens is 322 g/mol. The Labute approximate surface area is 144 Å². The van der Waals surface area contributed by atoms with Crippen LogP contribution in [0.2, 0.25) is 0 Å². The van der Waals surface area contributed by atoms with Gasteiger partial charge in [0, 0.05) is 23.9 Å². The van der Waals surface area contributed by atoms with Crippen molar-refractivity contribution in [2.75, 3.05) is 19.7 Å². The van der Waals surface area contributed by atoms with Gasteiger partial charge in [-0.05, 0) is 37.3 Å². The van der Waals surface area contributed by atoms with Crippen LogP contribution >= 0.6 is 0 Å². The van der Waals surface area contributed by atoms with Crippen molar-refractivity contribution in [2.45, 2.75) is 32.1 Å². The van der Waals surface area contributed by atoms with E-state index in [-0.39, 0.29) is 0 Å². The molecule has 0 unspecified atom stereocenters. The lowest BCUT2D eigenvalue weighted by molar-refractivity contribution is 0.222. The van der Waals surface area contributed by atoms with Crippen LogP contribution in [0.4, 0.5) is 0 Å². The van der Waals surface area contributed by atoms with E-state index in [0.717, 1.165) is 22.9 Å². The molecule has 0 radical (unpaired) electrons. The van der Waals surface area contributed by atoms with Gasteiger partial charge in [-0.25, -0.2) is 8.42 Å². The Morgan fingerprint density at radius 2 is 1.67 bits per heavy atom. The topological polar surface area (TPSA) is 46.6 Å². The van der Waals surface area contributed by atoms with Crippen molar-refractivity contribution in [2.24, 2.45) is 11.8 Å². The van der Waals surface area contributed by atoms with Gasteiger partial charge in [-0.1, -0.05) is 38.1 Å². The van der Waals surface area contributed by atoms with Crippen LogP contribution in [-0.2, 0) is 10.0 Å². The van der Waals surface area contributed by atoms with Gasteiger partial charge in [0.05, 0.1) is 11.5 Å². The van der Waals surface area contributed by atoms with E-state index in [2.05, 4.69) is 13.8 Å². The van der Waals surface area contributed by atoms with Crippen LogP contribution in [-0.4, -0.2) is 32.4 Å². The van der Waals surface area contributed by atoms with E-state index in [1.54, 1.807) is 16.4 Å². The molecule has 1 fully saturated rings. The van der Waals surface area contributed by atoms with Gasteiger partial charge in [0.1, 0.15) is 5.75 Å². The molecule has 2 aromatic carbocycles. The van der Waals surface area contributed by atoms with E-state index in [0.29, 0.717) is 36.4 Å². The highest BCUT2D eigenvalue weighted by atomic mass is 32.2. The highest BCUT2D eigenvalue weighted by Crippen LogP contribution is 2.34. The average molecular weight is 347 g/mol. The smallest absolute Gasteiger partial charge is 0.243 e. The number of fused-ring (bicyclic) bond motifs is 1. The van der Waals surface area contributed by atoms with Crippen molar-refractivity contribution >= 4 is 20.8 Å². The molecule has 0 amide bonds. The van der Waals surface area contributed by atoms with Crippen molar-refractivity contribution in [1.29, 1.82) is 0 Å². The molecule has 1 saturated heterocycles. The fraction of sp³-hybridized carbons (Fsp3) is 0.474. The van der Waals surface area contributed by atoms with E-state index in [9.17, 15) is 8.42 Å². The van der Waals surface area contributed by atoms with Crippen LogP contribution in [0.5, 0.6) is 5.75 Å². The SMILES string of the molecule is CCOc1ccc(S(=O)(=O)N2C[C@H](C)C[C@@H](C)C2)c2ccccc12. The van der Waals surface area contributed by atoms with Crippen LogP contribution in [0.3, 0.4) is 0 Å². The summed E-state index contributed by atoms with van der Waals surface area (Å²) in [5.41, 5.74) is 0. The lowest BCUT2D eigenvalue weighted by Gasteiger charge is -2.34. The fourth-order valence-electron chi connectivity index (χ4n) is 3.69. The standard InChI is InChI=1S/C19H25NO3S/c1-4-23-18-9-10-19(17-8-6-5-7-16(17)18)24(21,22)20-12-14(2)11-15(3)13-20/h5-10,14-15H,4,11-13H2,1-3H3/t14-,15-/m1/s1. The Morgan fingerprint density at radius 3 is 2.29 bits per heavy atom. The minimum Gasteiger partial charge on any atom is -0.493 e. The number of benzene rings is 2. The normalized spacial score (nSPS) is 22.6. The summed E-state index contributed by atoms with van der Waals surface area (Å²) in [5, 5.41) is 1.58. The molecule has 0 aromatic heterocycles. The van der Waals surface area contributed by atoms with Crippen LogP contribution in [0.1, 0.15) is 27.2 Å². The number of nitrogens with zero attached hydrogens (tertiary/aromatic N) is 1. The van der Waals surface area contributed by atoms with Crippen molar-refractivity contribution < 1.29 is 13.2 Å². The molecule has 2 atom stereocenters. The minimum absolute atomic E-state index is 0.378. The lowest BCUT2D eigenvalue weighted by Crippen LogP contribution is -2.42. The van der Waals surface area contributed by atoms with Gasteiger partial charge in [-0.3, -0.25) is 0 Å². The first-order valence-electron chi connectivity index (χ1n) is 8.58. The third kappa shape index (κ3) is 3.15. The predicted molar refractivity (Wildman–Crippen MR) is 96.8 cm³/mol. The van der Waals surface area contributed by atoms with Crippen molar-refractivity contribution in [3.8, 4) is 5.75 Å². The molecule has 130 valence electrons. The molecule has 4 nitrogen and oxygen atoms in total. The molecule has 0 saturated carbocycles. The Balaban J connectivity index is 2.10. The molecule has 1 aliphatic rings. The number of piperidine rings is 1. The van der Waals surface area contributed by atoms with Gasteiger partial charge in [0.2, 0.25) is 10.0 Å². The van der Waals surface area contributed by atoms with Crippen molar-refractivity contribution in [1.82, 2.24) is 4.31 Å². The zero-order valence-corrected chi connectivity index (χ0v) is 15.3. The number of rotatable bonds is 4. The summed E-state index contributed by atoms with van der Waals surface area (Å²) in [4.78, 5) is 0.378. The molecule has 0 bridgehead atoms. The van der Waals surface area contributed by atoms with Gasteiger partial charge >= 0.3 is 0 Å². The summed E-state index contributed by atoms with van der Waals surface area (Å²) in [6.07, 6.45) is 1.08. The first-order chi connectivity index (χ1) is 11.4. The molecule has 0 aliphatic carbocycles. The fourth-order valence-corrected chi connectivity index (χ4v) is 5.57. The third-order valence-electron chi connectivity index (χ3n) is 4.60. The molecule has 1 heterocycles. The second kappa shape index (κ2) is 6.73. The van der Waals surface area contributed by atoms with E-state index in [1.165, 1.54) is 0 Å². The zero-order chi connectivity index (χ0) is 17.3. The summed E-state index contributed by atoms with van der Waals surface area (Å²) in [6.45, 7) is 7.90. The molecule has 0 N–H and O–H groups in total. The monoisotopic (exact) mass is 347 g/mol. The van der Waals surface area contributed by atoms with Gasteiger partial charge in [-0.2, -0.15) is 4.31 Å². The quantitative estimate of drug-likeness (QED) is 0.842. The van der Waals surface area contributed by atoms with E-state index >= 15 is 0 Å². The number of ether oxygens (including phenoxy) is 1. The molecule has 3 rings (SSSR count). The summed E-state index contributed by atoms with van der Waals surface area (Å²) < 4.78 is 33.8. The van der Waals surface area contributed by atoms with E-state index in [1.807, 2.05) is 31.2 Å². The largest absolute Gasteiger partial charge is 0.493 e. The van der Waals surface area contributed by atoms with Crippen molar-refractivity contribution in [3.05, 3.63) is 36.4 Å². The summed E-state index contributed by atoms with van der Waals surface area (Å²) in [7, 11) is -3.51. The molecule has 1 aliphatic heterocycles. The predicted octanol–water partition coefficient (Wildman–Crippen LogP) is 3.91. The van der Waals surface area contributed by atoms with Gasteiger partial charge < -0.3 is 4.74 Å². The molecule has 0 spiro atoms. The Morgan fingerprint density at radius 1 is 1.04 bits per heavy atom. The number of sulfonamides is 1. The summed E-state index contributed by atoms with van der Waals surface area (Å²) in [5.74, 6) is 1.50. The molecule has 24 heavy (non-hydrogen) atoms. The second-order valence-electron chi connectivity index (χ2n) is 6.81. The van der Waals surface area contributed by atoms with Gasteiger partial charge in [-0.15, -0.1) is 0 Å². The third-order valence-corrected chi connectivity index (χ3v) is 6.49. The van der Waals surface area contributed by atoms with E-state index < -0.39 is 10.0 Å². The van der Waals surface area contributed by atoms with Crippen LogP contribution < -0.4 is 4.74 Å². The summed E-state index contributed by atoms with van der Waals surface area (Å²) >= 11 is 0. The Kier molecular flexibility index (Phi) is 4.83. The molecular formula is C19H25NO3S. The van der Waals surface area contributed by atoms with E-state index in [4.69, 9.17) is 4.74 Å². The number of hydrogen-bond donors (Lipinski definition) is 0. The second-order valence-corrected chi connectivity index (χ2v) is 8.71. The lowest BCUT2D eigenvalue weighted by atomic mass is 9.94. The van der Waals surface area contributed by atoms with Gasteiger partial charge in [0.25, 0.3) is 0 Å². The van der Waals surface area contributed by atoms with Crippen molar-refractivity contribution in [3.63, 3.8) is 0 Å². The first-order valence-corrected chi connectivity index (χ1v) is 10.0. The maximum Gasteiger partial charge on any atom is 0.243 e. The maximum atomic E-state index is 13.2. The average Bonchev–Trinajstić information content (AvgIpc) is 2.54. The van der Waals surface area contributed by atoms with Gasteiger partial charge in [0.15, 0.2) is 0 Å². The highest BCUT2D eigenvalue weighted by Gasteiger charge is 2.32. The molecule has 2 aromatic rings. The van der Waals surface area contributed by atoms with Crippen LogP contribution in [0.25, 0.3) is 10.8 Å². The maximum absolute atomic E-state index is 13.2. The number of hydrogen-bond acceptors (Lipinski definition) is 3. The Bertz CT molecular complexity index is 822. The Hall–Kier alpha value is -1.59. The highest BCUT2D eigenvalue weighted by molar-refractivity contribution is 7.89. The van der Waals surface area contributed by atoms with Crippen LogP contribution in [0.15, 0.2) is 41.3 Å². The summed E-state index contributed by atoms with van der Waals surface area (Å²) in [6, 6.07) is 11.0. The molecule has 5 heteroatoms. The zero-order valence-electron chi connectivity index (χ0n) is 14.5. The van der Waals surface area contributed by atoms with Crippen LogP contribution in [0, 0.1) is 11.8 Å². The minimum atomic E-state index is -3.51.